The van der Waals surface area contributed by atoms with E-state index in [0.29, 0.717) is 48.7 Å². The second kappa shape index (κ2) is 8.95. The zero-order chi connectivity index (χ0) is 22.7. The maximum Gasteiger partial charge on any atom is 0.417 e. The molecule has 0 fully saturated rings. The number of carbonyl (C=O) groups is 1. The van der Waals surface area contributed by atoms with Crippen LogP contribution in [-0.4, -0.2) is 44.2 Å². The van der Waals surface area contributed by atoms with Crippen LogP contribution in [0.4, 0.5) is 23.8 Å². The fourth-order valence-corrected chi connectivity index (χ4v) is 3.46. The van der Waals surface area contributed by atoms with Crippen LogP contribution in [0, 0.1) is 0 Å². The van der Waals surface area contributed by atoms with Crippen LogP contribution < -0.4 is 5.32 Å². The number of alkyl halides is 3. The molecule has 0 aromatic carbocycles. The lowest BCUT2D eigenvalue weighted by Gasteiger charge is -2.26. The Morgan fingerprint density at radius 2 is 2.09 bits per heavy atom. The van der Waals surface area contributed by atoms with Crippen LogP contribution in [0.15, 0.2) is 47.5 Å². The molecule has 4 heterocycles. The fraction of sp³-hybridized carbons (Fsp3) is 0.250. The molecule has 12 heteroatoms. The van der Waals surface area contributed by atoms with Gasteiger partial charge in [0.05, 0.1) is 22.7 Å². The van der Waals surface area contributed by atoms with Crippen LogP contribution in [0.2, 0.25) is 5.02 Å². The lowest BCUT2D eigenvalue weighted by Crippen LogP contribution is -2.38. The van der Waals surface area contributed by atoms with E-state index < -0.39 is 17.8 Å². The van der Waals surface area contributed by atoms with Gasteiger partial charge in [-0.1, -0.05) is 17.7 Å². The van der Waals surface area contributed by atoms with Gasteiger partial charge in [-0.2, -0.15) is 13.2 Å². The first-order valence-electron chi connectivity index (χ1n) is 9.47. The average molecular weight is 465 g/mol. The van der Waals surface area contributed by atoms with E-state index in [9.17, 15) is 18.0 Å². The van der Waals surface area contributed by atoms with Gasteiger partial charge in [-0.15, -0.1) is 10.2 Å². The summed E-state index contributed by atoms with van der Waals surface area (Å²) >= 11 is 6.40. The number of nitrogens with one attached hydrogen (secondary N) is 1. The molecular formula is C20H16ClF3N6O2. The largest absolute Gasteiger partial charge is 0.428 e. The van der Waals surface area contributed by atoms with Crippen LogP contribution in [0.3, 0.4) is 0 Å². The fourth-order valence-electron chi connectivity index (χ4n) is 3.15. The number of carbonyl (C=O) groups excluding carboxylic acids is 1. The van der Waals surface area contributed by atoms with Gasteiger partial charge in [-0.05, 0) is 35.8 Å². The molecule has 0 radical (unpaired) electrons. The van der Waals surface area contributed by atoms with Crippen molar-refractivity contribution < 1.29 is 22.4 Å². The third kappa shape index (κ3) is 5.05. The first-order valence-corrected chi connectivity index (χ1v) is 9.85. The summed E-state index contributed by atoms with van der Waals surface area (Å²) in [4.78, 5) is 22.0. The Balaban J connectivity index is 1.37. The molecule has 2 amide bonds. The van der Waals surface area contributed by atoms with Gasteiger partial charge in [0.1, 0.15) is 5.82 Å². The second-order valence-corrected chi connectivity index (χ2v) is 7.38. The maximum atomic E-state index is 12.6. The predicted octanol–water partition coefficient (Wildman–Crippen LogP) is 4.44. The number of aromatic nitrogens is 4. The van der Waals surface area contributed by atoms with Gasteiger partial charge in [-0.25, -0.2) is 9.78 Å². The van der Waals surface area contributed by atoms with Crippen LogP contribution in [0.25, 0.3) is 5.57 Å². The summed E-state index contributed by atoms with van der Waals surface area (Å²) < 4.78 is 43.0. The first-order chi connectivity index (χ1) is 15.3. The number of hydrogen-bond acceptors (Lipinski definition) is 6. The highest BCUT2D eigenvalue weighted by Crippen LogP contribution is 2.30. The summed E-state index contributed by atoms with van der Waals surface area (Å²) in [6.07, 6.45) is 1.91. The number of anilines is 1. The molecule has 3 aromatic rings. The molecule has 0 unspecified atom stereocenters. The minimum Gasteiger partial charge on any atom is -0.428 e. The van der Waals surface area contributed by atoms with E-state index in [0.717, 1.165) is 23.3 Å². The van der Waals surface area contributed by atoms with Crippen molar-refractivity contribution in [1.29, 1.82) is 0 Å². The van der Waals surface area contributed by atoms with Gasteiger partial charge in [-0.3, -0.25) is 10.3 Å². The summed E-state index contributed by atoms with van der Waals surface area (Å²) in [6, 6.07) is 3.31. The van der Waals surface area contributed by atoms with E-state index in [1.165, 1.54) is 11.3 Å². The molecule has 1 aliphatic rings. The summed E-state index contributed by atoms with van der Waals surface area (Å²) in [5, 5.41) is 10.4. The van der Waals surface area contributed by atoms with Gasteiger partial charge in [0.15, 0.2) is 0 Å². The number of halogens is 4. The van der Waals surface area contributed by atoms with Crippen molar-refractivity contribution in [2.24, 2.45) is 0 Å². The average Bonchev–Trinajstić information content (AvgIpc) is 3.27. The summed E-state index contributed by atoms with van der Waals surface area (Å²) in [6.45, 7) is 0.684. The van der Waals surface area contributed by atoms with Crippen LogP contribution in [0.1, 0.15) is 29.1 Å². The van der Waals surface area contributed by atoms with Gasteiger partial charge in [0.25, 0.3) is 0 Å². The molecule has 1 aliphatic heterocycles. The van der Waals surface area contributed by atoms with Gasteiger partial charge >= 0.3 is 12.2 Å². The molecule has 0 bridgehead atoms. The monoisotopic (exact) mass is 464 g/mol. The van der Waals surface area contributed by atoms with Crippen molar-refractivity contribution >= 4 is 29.0 Å². The Kier molecular flexibility index (Phi) is 6.08. The van der Waals surface area contributed by atoms with E-state index in [1.54, 1.807) is 12.3 Å². The summed E-state index contributed by atoms with van der Waals surface area (Å²) in [5.74, 6) is 0.496. The number of nitrogens with zero attached hydrogens (tertiary/aromatic N) is 5. The van der Waals surface area contributed by atoms with Gasteiger partial charge in [0.2, 0.25) is 12.3 Å². The molecule has 4 rings (SSSR count). The first kappa shape index (κ1) is 21.8. The zero-order valence-corrected chi connectivity index (χ0v) is 17.2. The quantitative estimate of drug-likeness (QED) is 0.613. The Bertz CT molecular complexity index is 1130. The van der Waals surface area contributed by atoms with Crippen LogP contribution in [-0.2, 0) is 12.6 Å². The third-order valence-electron chi connectivity index (χ3n) is 4.78. The molecule has 166 valence electrons. The number of pyridine rings is 2. The highest BCUT2D eigenvalue weighted by Gasteiger charge is 2.30. The minimum absolute atomic E-state index is 0.0410. The molecular weight excluding hydrogens is 449 g/mol. The molecule has 3 aromatic heterocycles. The number of hydrogen-bond donors (Lipinski definition) is 1. The van der Waals surface area contributed by atoms with E-state index in [1.807, 2.05) is 6.08 Å². The highest BCUT2D eigenvalue weighted by atomic mass is 35.5. The van der Waals surface area contributed by atoms with Crippen molar-refractivity contribution in [3.8, 4) is 0 Å². The standard InChI is InChI=1S/C20H16ClF3N6O2/c21-15-7-12(8-17-29-27-11-32-17)9-26-18(15)13-3-5-30(6-4-13)19(31)28-16-2-1-14(10-25-16)20(22,23)24/h1-3,7,9-11H,4-6,8H2,(H,25,28,31). The topological polar surface area (TPSA) is 97.0 Å². The van der Waals surface area contributed by atoms with Crippen molar-refractivity contribution in [1.82, 2.24) is 25.1 Å². The molecule has 0 spiro atoms. The molecule has 1 N–H and O–H groups in total. The summed E-state index contributed by atoms with van der Waals surface area (Å²) in [5.41, 5.74) is 1.47. The van der Waals surface area contributed by atoms with E-state index >= 15 is 0 Å². The Morgan fingerprint density at radius 3 is 2.69 bits per heavy atom. The van der Waals surface area contributed by atoms with Crippen LogP contribution in [0.5, 0.6) is 0 Å². The Morgan fingerprint density at radius 1 is 1.25 bits per heavy atom. The van der Waals surface area contributed by atoms with Crippen molar-refractivity contribution in [3.05, 3.63) is 70.8 Å². The second-order valence-electron chi connectivity index (χ2n) is 6.97. The predicted molar refractivity (Wildman–Crippen MR) is 109 cm³/mol. The zero-order valence-electron chi connectivity index (χ0n) is 16.4. The molecule has 0 atom stereocenters. The number of amides is 2. The molecule has 0 aliphatic carbocycles. The number of rotatable bonds is 4. The van der Waals surface area contributed by atoms with Crippen LogP contribution >= 0.6 is 11.6 Å². The minimum atomic E-state index is -4.48. The highest BCUT2D eigenvalue weighted by molar-refractivity contribution is 6.32. The van der Waals surface area contributed by atoms with Gasteiger partial charge in [0, 0.05) is 25.5 Å². The molecule has 0 saturated heterocycles. The van der Waals surface area contributed by atoms with Crippen molar-refractivity contribution in [3.63, 3.8) is 0 Å². The molecule has 0 saturated carbocycles. The van der Waals surface area contributed by atoms with Gasteiger partial charge < -0.3 is 9.32 Å². The van der Waals surface area contributed by atoms with E-state index in [-0.39, 0.29) is 5.82 Å². The molecule has 32 heavy (non-hydrogen) atoms. The van der Waals surface area contributed by atoms with Crippen molar-refractivity contribution in [2.45, 2.75) is 19.0 Å². The Hall–Kier alpha value is -3.47. The van der Waals surface area contributed by atoms with E-state index in [2.05, 4.69) is 25.5 Å². The number of urea groups is 1. The SMILES string of the molecule is O=C(Nc1ccc(C(F)(F)F)cn1)N1CC=C(c2ncc(Cc3nnco3)cc2Cl)CC1. The maximum absolute atomic E-state index is 12.6. The smallest absolute Gasteiger partial charge is 0.417 e. The Labute approximate surface area is 185 Å². The molecule has 8 nitrogen and oxygen atoms in total. The van der Waals surface area contributed by atoms with Crippen molar-refractivity contribution in [2.75, 3.05) is 18.4 Å². The third-order valence-corrected chi connectivity index (χ3v) is 5.07. The lowest BCUT2D eigenvalue weighted by atomic mass is 10.0. The lowest BCUT2D eigenvalue weighted by molar-refractivity contribution is -0.137. The van der Waals surface area contributed by atoms with E-state index in [4.69, 9.17) is 16.0 Å². The summed E-state index contributed by atoms with van der Waals surface area (Å²) in [7, 11) is 0. The normalized spacial score (nSPS) is 14.2.